The third-order valence-corrected chi connectivity index (χ3v) is 3.59. The van der Waals surface area contributed by atoms with Gasteiger partial charge in [-0.1, -0.05) is 6.07 Å². The fourth-order valence-electron chi connectivity index (χ4n) is 2.16. The fourth-order valence-corrected chi connectivity index (χ4v) is 2.56. The van der Waals surface area contributed by atoms with Gasteiger partial charge in [0, 0.05) is 24.8 Å². The highest BCUT2D eigenvalue weighted by atomic mass is 35.5. The zero-order valence-corrected chi connectivity index (χ0v) is 15.6. The zero-order valence-electron chi connectivity index (χ0n) is 13.3. The summed E-state index contributed by atoms with van der Waals surface area (Å²) in [5.74, 6) is 1.25. The van der Waals surface area contributed by atoms with Crippen LogP contribution in [0.3, 0.4) is 0 Å². The summed E-state index contributed by atoms with van der Waals surface area (Å²) in [5, 5.41) is 0. The number of hydrogen-bond acceptors (Lipinski definition) is 5. The van der Waals surface area contributed by atoms with E-state index in [0.29, 0.717) is 31.3 Å². The zero-order chi connectivity index (χ0) is 16.5. The summed E-state index contributed by atoms with van der Waals surface area (Å²) in [6.07, 6.45) is 0.388. The second-order valence-corrected chi connectivity index (χ2v) is 5.46. The summed E-state index contributed by atoms with van der Waals surface area (Å²) in [5.41, 5.74) is 7.62. The van der Waals surface area contributed by atoms with Crippen molar-refractivity contribution in [3.05, 3.63) is 23.8 Å². The normalized spacial score (nSPS) is 11.3. The van der Waals surface area contributed by atoms with E-state index in [-0.39, 0.29) is 12.4 Å². The fraction of sp³-hybridized carbons (Fsp3) is 0.533. The Morgan fingerprint density at radius 3 is 2.35 bits per heavy atom. The Morgan fingerprint density at radius 2 is 1.87 bits per heavy atom. The molecule has 0 aliphatic rings. The molecule has 0 aliphatic carbocycles. The predicted octanol–water partition coefficient (Wildman–Crippen LogP) is 2.44. The highest BCUT2D eigenvalue weighted by molar-refractivity contribution is 6.18. The highest BCUT2D eigenvalue weighted by Crippen LogP contribution is 2.30. The minimum Gasteiger partial charge on any atom is -0.495 e. The maximum Gasteiger partial charge on any atom is 0.322 e. The molecule has 0 radical (unpaired) electrons. The summed E-state index contributed by atoms with van der Waals surface area (Å²) in [6.45, 7) is 1.30. The molecule has 0 bridgehead atoms. The number of halogens is 3. The van der Waals surface area contributed by atoms with E-state index in [1.807, 2.05) is 23.1 Å². The second-order valence-electron chi connectivity index (χ2n) is 4.70. The van der Waals surface area contributed by atoms with Crippen LogP contribution in [0.5, 0.6) is 5.75 Å². The molecule has 8 heteroatoms. The van der Waals surface area contributed by atoms with Crippen LogP contribution in [-0.4, -0.2) is 51.1 Å². The van der Waals surface area contributed by atoms with Crippen molar-refractivity contribution < 1.29 is 14.3 Å². The molecule has 0 saturated heterocycles. The van der Waals surface area contributed by atoms with Crippen LogP contribution in [0.15, 0.2) is 18.2 Å². The lowest BCUT2D eigenvalue weighted by Gasteiger charge is -2.25. The van der Waals surface area contributed by atoms with Crippen LogP contribution < -0.4 is 15.4 Å². The molecule has 0 heterocycles. The van der Waals surface area contributed by atoms with Gasteiger partial charge in [-0.3, -0.25) is 4.79 Å². The lowest BCUT2D eigenvalue weighted by atomic mass is 10.0. The number of carbonyl (C=O) groups excluding carboxylic acids is 1. The number of rotatable bonds is 9. The average molecular weight is 386 g/mol. The van der Waals surface area contributed by atoms with Crippen molar-refractivity contribution >= 4 is 47.3 Å². The lowest BCUT2D eigenvalue weighted by Crippen LogP contribution is -2.33. The van der Waals surface area contributed by atoms with Gasteiger partial charge in [-0.25, -0.2) is 0 Å². The Labute approximate surface area is 153 Å². The largest absolute Gasteiger partial charge is 0.495 e. The van der Waals surface area contributed by atoms with Crippen LogP contribution >= 0.6 is 35.6 Å². The van der Waals surface area contributed by atoms with E-state index in [4.69, 9.17) is 33.7 Å². The number of methoxy groups -OCH3 is 2. The van der Waals surface area contributed by atoms with Crippen molar-refractivity contribution in [3.63, 3.8) is 0 Å². The molecule has 1 aromatic carbocycles. The minimum absolute atomic E-state index is 0. The molecule has 1 unspecified atom stereocenters. The van der Waals surface area contributed by atoms with E-state index in [9.17, 15) is 4.79 Å². The van der Waals surface area contributed by atoms with Gasteiger partial charge >= 0.3 is 5.97 Å². The maximum absolute atomic E-state index is 11.4. The first-order valence-corrected chi connectivity index (χ1v) is 8.01. The molecule has 1 rings (SSSR count). The van der Waals surface area contributed by atoms with E-state index < -0.39 is 12.0 Å². The van der Waals surface area contributed by atoms with Gasteiger partial charge in [-0.2, -0.15) is 0 Å². The van der Waals surface area contributed by atoms with Crippen LogP contribution in [0.2, 0.25) is 0 Å². The summed E-state index contributed by atoms with van der Waals surface area (Å²) in [6, 6.07) is 4.98. The molecule has 0 amide bonds. The van der Waals surface area contributed by atoms with Crippen LogP contribution in [0.25, 0.3) is 0 Å². The summed E-state index contributed by atoms with van der Waals surface area (Å²) >= 11 is 11.7. The van der Waals surface area contributed by atoms with Crippen LogP contribution in [0.4, 0.5) is 5.69 Å². The molecule has 0 fully saturated rings. The van der Waals surface area contributed by atoms with Crippen molar-refractivity contribution in [2.45, 2.75) is 12.5 Å². The first-order valence-electron chi connectivity index (χ1n) is 6.94. The minimum atomic E-state index is -0.694. The molecule has 0 spiro atoms. The Kier molecular flexibility index (Phi) is 11.2. The molecule has 0 aliphatic heterocycles. The number of alkyl halides is 2. The van der Waals surface area contributed by atoms with Gasteiger partial charge in [0.15, 0.2) is 0 Å². The Bertz CT molecular complexity index is 483. The van der Waals surface area contributed by atoms with Crippen LogP contribution in [0, 0.1) is 0 Å². The third kappa shape index (κ3) is 6.63. The van der Waals surface area contributed by atoms with Gasteiger partial charge in [0.1, 0.15) is 11.8 Å². The summed E-state index contributed by atoms with van der Waals surface area (Å²) in [7, 11) is 2.93. The van der Waals surface area contributed by atoms with Crippen molar-refractivity contribution in [1.82, 2.24) is 0 Å². The summed E-state index contributed by atoms with van der Waals surface area (Å²) < 4.78 is 10.0. The van der Waals surface area contributed by atoms with Gasteiger partial charge in [0.2, 0.25) is 0 Å². The molecule has 0 saturated carbocycles. The van der Waals surface area contributed by atoms with Crippen LogP contribution in [-0.2, 0) is 16.0 Å². The monoisotopic (exact) mass is 384 g/mol. The second kappa shape index (κ2) is 11.6. The molecule has 1 aromatic rings. The molecule has 2 N–H and O–H groups in total. The van der Waals surface area contributed by atoms with Crippen molar-refractivity contribution in [2.24, 2.45) is 5.73 Å². The topological polar surface area (TPSA) is 64.8 Å². The number of anilines is 1. The first kappa shape index (κ1) is 22.1. The predicted molar refractivity (Wildman–Crippen MR) is 97.6 cm³/mol. The van der Waals surface area contributed by atoms with E-state index in [1.54, 1.807) is 7.11 Å². The lowest BCUT2D eigenvalue weighted by molar-refractivity contribution is -0.142. The average Bonchev–Trinajstić information content (AvgIpc) is 2.53. The Hall–Kier alpha value is -0.880. The van der Waals surface area contributed by atoms with Gasteiger partial charge in [0.25, 0.3) is 0 Å². The molecule has 5 nitrogen and oxygen atoms in total. The van der Waals surface area contributed by atoms with Gasteiger partial charge < -0.3 is 20.1 Å². The molecular formula is C15H23Cl3N2O3. The van der Waals surface area contributed by atoms with E-state index in [1.165, 1.54) is 7.11 Å². The molecule has 23 heavy (non-hydrogen) atoms. The van der Waals surface area contributed by atoms with Crippen molar-refractivity contribution in [1.29, 1.82) is 0 Å². The standard InChI is InChI=1S/C15H22Cl2N2O3.ClH/c1-21-14-4-3-11(9-12(18)15(20)22-2)10-13(14)19(7-5-16)8-6-17;/h3-4,10,12H,5-9,18H2,1-2H3;1H. The van der Waals surface area contributed by atoms with Crippen molar-refractivity contribution in [2.75, 3.05) is 44.0 Å². The third-order valence-electron chi connectivity index (χ3n) is 3.25. The molecule has 0 aromatic heterocycles. The summed E-state index contributed by atoms with van der Waals surface area (Å²) in [4.78, 5) is 13.5. The highest BCUT2D eigenvalue weighted by Gasteiger charge is 2.17. The quantitative estimate of drug-likeness (QED) is 0.522. The van der Waals surface area contributed by atoms with Crippen LogP contribution in [0.1, 0.15) is 5.56 Å². The number of esters is 1. The first-order chi connectivity index (χ1) is 10.6. The van der Waals surface area contributed by atoms with E-state index in [0.717, 1.165) is 17.0 Å². The smallest absolute Gasteiger partial charge is 0.322 e. The van der Waals surface area contributed by atoms with E-state index in [2.05, 4.69) is 4.74 Å². The molecular weight excluding hydrogens is 363 g/mol. The molecule has 132 valence electrons. The van der Waals surface area contributed by atoms with Crippen molar-refractivity contribution in [3.8, 4) is 5.75 Å². The number of nitrogens with zero attached hydrogens (tertiary/aromatic N) is 1. The number of nitrogens with two attached hydrogens (primary N) is 1. The SMILES string of the molecule is COC(=O)C(N)Cc1ccc(OC)c(N(CCCl)CCCl)c1.Cl. The number of hydrogen-bond donors (Lipinski definition) is 1. The molecule has 1 atom stereocenters. The van der Waals surface area contributed by atoms with E-state index >= 15 is 0 Å². The number of benzene rings is 1. The maximum atomic E-state index is 11.4. The number of carbonyl (C=O) groups is 1. The number of ether oxygens (including phenoxy) is 2. The van der Waals surface area contributed by atoms with Gasteiger partial charge in [0.05, 0.1) is 19.9 Å². The van der Waals surface area contributed by atoms with Gasteiger partial charge in [-0.05, 0) is 24.1 Å². The van der Waals surface area contributed by atoms with Gasteiger partial charge in [-0.15, -0.1) is 35.6 Å². The Balaban J connectivity index is 0.00000484. The Morgan fingerprint density at radius 1 is 1.26 bits per heavy atom.